The number of rotatable bonds is 6. The van der Waals surface area contributed by atoms with E-state index in [2.05, 4.69) is 55.5 Å². The Labute approximate surface area is 139 Å². The van der Waals surface area contributed by atoms with E-state index in [1.807, 2.05) is 26.2 Å². The summed E-state index contributed by atoms with van der Waals surface area (Å²) >= 11 is 0. The van der Waals surface area contributed by atoms with Crippen LogP contribution in [0.25, 0.3) is 0 Å². The average molecular weight is 315 g/mol. The maximum absolute atomic E-state index is 10.8. The van der Waals surface area contributed by atoms with E-state index in [0.717, 1.165) is 12.0 Å². The van der Waals surface area contributed by atoms with E-state index in [9.17, 15) is 5.11 Å². The molecule has 0 saturated heterocycles. The van der Waals surface area contributed by atoms with Gasteiger partial charge in [-0.05, 0) is 24.3 Å². The first-order valence-electron chi connectivity index (χ1n) is 8.17. The van der Waals surface area contributed by atoms with Gasteiger partial charge in [-0.15, -0.1) is 0 Å². The fraction of sp³-hybridized carbons (Fsp3) is 0.526. The molecule has 0 aliphatic rings. The number of nitrogens with one attached hydrogen (secondary N) is 1. The standard InChI is InChI=1S/C19H29N3O/c1-18(2,3)11-17(15-9-7-6-8-10-15)20-14-19(4,23)16-12-21-22(5)13-16/h6-10,12-13,17,20,23H,11,14H2,1-5H3. The van der Waals surface area contributed by atoms with Gasteiger partial charge in [-0.25, -0.2) is 0 Å². The number of benzene rings is 1. The highest BCUT2D eigenvalue weighted by Gasteiger charge is 2.27. The minimum Gasteiger partial charge on any atom is -0.384 e. The fourth-order valence-corrected chi connectivity index (χ4v) is 2.73. The topological polar surface area (TPSA) is 50.1 Å². The van der Waals surface area contributed by atoms with Gasteiger partial charge in [0.1, 0.15) is 5.60 Å². The molecule has 4 nitrogen and oxygen atoms in total. The third kappa shape index (κ3) is 5.19. The predicted octanol–water partition coefficient (Wildman–Crippen LogP) is 3.39. The number of aromatic nitrogens is 2. The van der Waals surface area contributed by atoms with Crippen molar-refractivity contribution in [3.8, 4) is 0 Å². The van der Waals surface area contributed by atoms with Crippen LogP contribution in [0, 0.1) is 5.41 Å². The Bertz CT molecular complexity index is 611. The number of hydrogen-bond donors (Lipinski definition) is 2. The molecule has 0 fully saturated rings. The number of aliphatic hydroxyl groups is 1. The minimum absolute atomic E-state index is 0.202. The van der Waals surface area contributed by atoms with Crippen molar-refractivity contribution < 1.29 is 5.11 Å². The summed E-state index contributed by atoms with van der Waals surface area (Å²) in [6.45, 7) is 9.03. The summed E-state index contributed by atoms with van der Waals surface area (Å²) in [5, 5.41) is 18.5. The van der Waals surface area contributed by atoms with E-state index >= 15 is 0 Å². The Morgan fingerprint density at radius 3 is 2.35 bits per heavy atom. The van der Waals surface area contributed by atoms with Crippen molar-refractivity contribution in [3.63, 3.8) is 0 Å². The van der Waals surface area contributed by atoms with Crippen molar-refractivity contribution in [2.45, 2.75) is 45.8 Å². The second-order valence-electron chi connectivity index (χ2n) is 7.79. The fourth-order valence-electron chi connectivity index (χ4n) is 2.73. The molecule has 126 valence electrons. The second-order valence-corrected chi connectivity index (χ2v) is 7.79. The second kappa shape index (κ2) is 6.85. The Morgan fingerprint density at radius 1 is 1.17 bits per heavy atom. The molecule has 2 N–H and O–H groups in total. The molecule has 2 atom stereocenters. The van der Waals surface area contributed by atoms with Crippen LogP contribution in [0.3, 0.4) is 0 Å². The van der Waals surface area contributed by atoms with Crippen molar-refractivity contribution in [1.82, 2.24) is 15.1 Å². The summed E-state index contributed by atoms with van der Waals surface area (Å²) in [6, 6.07) is 10.6. The van der Waals surface area contributed by atoms with Crippen LogP contribution < -0.4 is 5.32 Å². The molecule has 0 spiro atoms. The maximum atomic E-state index is 10.8. The molecule has 23 heavy (non-hydrogen) atoms. The van der Waals surface area contributed by atoms with Gasteiger partial charge in [-0.1, -0.05) is 51.1 Å². The molecule has 1 heterocycles. The number of nitrogens with zero attached hydrogens (tertiary/aromatic N) is 2. The zero-order valence-corrected chi connectivity index (χ0v) is 14.9. The van der Waals surface area contributed by atoms with Gasteiger partial charge in [0.25, 0.3) is 0 Å². The first-order chi connectivity index (χ1) is 10.7. The summed E-state index contributed by atoms with van der Waals surface area (Å²) in [5.74, 6) is 0. The minimum atomic E-state index is -0.945. The van der Waals surface area contributed by atoms with E-state index in [4.69, 9.17) is 0 Å². The lowest BCUT2D eigenvalue weighted by Gasteiger charge is -2.31. The van der Waals surface area contributed by atoms with Gasteiger partial charge in [0.2, 0.25) is 0 Å². The quantitative estimate of drug-likeness (QED) is 0.859. The molecule has 4 heteroatoms. The smallest absolute Gasteiger partial charge is 0.102 e. The molecule has 2 unspecified atom stereocenters. The highest BCUT2D eigenvalue weighted by atomic mass is 16.3. The molecule has 0 bridgehead atoms. The van der Waals surface area contributed by atoms with Crippen molar-refractivity contribution in [3.05, 3.63) is 53.9 Å². The molecule has 1 aromatic heterocycles. The summed E-state index contributed by atoms with van der Waals surface area (Å²) in [7, 11) is 1.86. The van der Waals surface area contributed by atoms with Crippen molar-refractivity contribution in [2.24, 2.45) is 12.5 Å². The van der Waals surface area contributed by atoms with Gasteiger partial charge >= 0.3 is 0 Å². The maximum Gasteiger partial charge on any atom is 0.102 e. The third-order valence-corrected chi connectivity index (χ3v) is 4.04. The lowest BCUT2D eigenvalue weighted by molar-refractivity contribution is 0.0518. The molecular weight excluding hydrogens is 286 g/mol. The molecular formula is C19H29N3O. The highest BCUT2D eigenvalue weighted by molar-refractivity contribution is 5.20. The molecule has 1 aromatic carbocycles. The van der Waals surface area contributed by atoms with E-state index < -0.39 is 5.60 Å². The molecule has 0 saturated carbocycles. The summed E-state index contributed by atoms with van der Waals surface area (Å²) in [4.78, 5) is 0. The van der Waals surface area contributed by atoms with Gasteiger partial charge < -0.3 is 10.4 Å². The largest absolute Gasteiger partial charge is 0.384 e. The van der Waals surface area contributed by atoms with Gasteiger partial charge in [-0.3, -0.25) is 4.68 Å². The SMILES string of the molecule is Cn1cc(C(C)(O)CNC(CC(C)(C)C)c2ccccc2)cn1. The highest BCUT2D eigenvalue weighted by Crippen LogP contribution is 2.30. The lowest BCUT2D eigenvalue weighted by Crippen LogP contribution is -2.38. The zero-order chi connectivity index (χ0) is 17.1. The molecule has 2 rings (SSSR count). The van der Waals surface area contributed by atoms with Gasteiger partial charge in [0.15, 0.2) is 0 Å². The van der Waals surface area contributed by atoms with Crippen molar-refractivity contribution in [1.29, 1.82) is 0 Å². The van der Waals surface area contributed by atoms with Crippen molar-refractivity contribution in [2.75, 3.05) is 6.54 Å². The van der Waals surface area contributed by atoms with Gasteiger partial charge in [0, 0.05) is 31.4 Å². The van der Waals surface area contributed by atoms with Gasteiger partial charge in [0.05, 0.1) is 6.20 Å². The van der Waals surface area contributed by atoms with Crippen LogP contribution in [0.5, 0.6) is 0 Å². The number of hydrogen-bond acceptors (Lipinski definition) is 3. The monoisotopic (exact) mass is 315 g/mol. The number of aryl methyl sites for hydroxylation is 1. The molecule has 2 aromatic rings. The summed E-state index contributed by atoms with van der Waals surface area (Å²) in [5.41, 5.74) is 1.34. The van der Waals surface area contributed by atoms with E-state index in [-0.39, 0.29) is 11.5 Å². The Morgan fingerprint density at radius 2 is 1.83 bits per heavy atom. The Hall–Kier alpha value is -1.65. The first-order valence-corrected chi connectivity index (χ1v) is 8.17. The van der Waals surface area contributed by atoms with E-state index in [0.29, 0.717) is 6.54 Å². The lowest BCUT2D eigenvalue weighted by atomic mass is 9.85. The Kier molecular flexibility index (Phi) is 5.27. The van der Waals surface area contributed by atoms with Crippen LogP contribution in [-0.4, -0.2) is 21.4 Å². The molecule has 0 radical (unpaired) electrons. The van der Waals surface area contributed by atoms with E-state index in [1.165, 1.54) is 5.56 Å². The normalized spacial score (nSPS) is 16.1. The van der Waals surface area contributed by atoms with Crippen LogP contribution in [0.1, 0.15) is 51.3 Å². The molecule has 0 aliphatic heterocycles. The summed E-state index contributed by atoms with van der Waals surface area (Å²) in [6.07, 6.45) is 4.59. The van der Waals surface area contributed by atoms with Crippen molar-refractivity contribution >= 4 is 0 Å². The third-order valence-electron chi connectivity index (χ3n) is 4.04. The molecule has 0 amide bonds. The molecule has 0 aliphatic carbocycles. The first kappa shape index (κ1) is 17.7. The summed E-state index contributed by atoms with van der Waals surface area (Å²) < 4.78 is 1.72. The zero-order valence-electron chi connectivity index (χ0n) is 14.9. The van der Waals surface area contributed by atoms with Crippen LogP contribution in [0.15, 0.2) is 42.7 Å². The van der Waals surface area contributed by atoms with Gasteiger partial charge in [-0.2, -0.15) is 5.10 Å². The van der Waals surface area contributed by atoms with Crippen LogP contribution >= 0.6 is 0 Å². The van der Waals surface area contributed by atoms with E-state index in [1.54, 1.807) is 10.9 Å². The van der Waals surface area contributed by atoms with Crippen LogP contribution in [-0.2, 0) is 12.6 Å². The average Bonchev–Trinajstić information content (AvgIpc) is 2.91. The predicted molar refractivity (Wildman–Crippen MR) is 94.0 cm³/mol. The van der Waals surface area contributed by atoms with Crippen LogP contribution in [0.2, 0.25) is 0 Å². The van der Waals surface area contributed by atoms with Crippen LogP contribution in [0.4, 0.5) is 0 Å². The Balaban J connectivity index is 2.12.